The van der Waals surface area contributed by atoms with Crippen LogP contribution in [0, 0.1) is 5.41 Å². The Hall–Kier alpha value is -0.160. The van der Waals surface area contributed by atoms with Crippen molar-refractivity contribution in [2.24, 2.45) is 11.1 Å². The molecule has 4 N–H and O–H groups in total. The fourth-order valence-corrected chi connectivity index (χ4v) is 12.7. The molecule has 0 aliphatic carbocycles. The Morgan fingerprint density at radius 2 is 0.527 bits per heavy atom. The first-order chi connectivity index (χ1) is 36.2. The smallest absolute Gasteiger partial charge is 0.0277 e. The summed E-state index contributed by atoms with van der Waals surface area (Å²) in [7, 11) is 0. The molecule has 0 atom stereocenters. The lowest BCUT2D eigenvalue weighted by atomic mass is 9.57. The zero-order chi connectivity index (χ0) is 54.2. The summed E-state index contributed by atoms with van der Waals surface area (Å²) in [6.45, 7) is 26.8. The van der Waals surface area contributed by atoms with Gasteiger partial charge in [0.05, 0.1) is 0 Å². The van der Waals surface area contributed by atoms with Crippen molar-refractivity contribution < 1.29 is 0 Å². The monoisotopic (exact) mass is 1040 g/mol. The Balaban J connectivity index is 6.40. The third kappa shape index (κ3) is 41.8. The first-order valence-electron chi connectivity index (χ1n) is 35.1. The van der Waals surface area contributed by atoms with E-state index >= 15 is 0 Å². The second-order valence-corrected chi connectivity index (χ2v) is 25.9. The van der Waals surface area contributed by atoms with Crippen molar-refractivity contribution in [1.29, 1.82) is 0 Å². The Kier molecular flexibility index (Phi) is 56.0. The van der Waals surface area contributed by atoms with E-state index in [1.165, 1.54) is 347 Å². The van der Waals surface area contributed by atoms with Gasteiger partial charge in [-0.25, -0.2) is 0 Å². The van der Waals surface area contributed by atoms with Crippen molar-refractivity contribution in [3.05, 3.63) is 0 Å². The first kappa shape index (κ1) is 73.8. The van der Waals surface area contributed by atoms with E-state index < -0.39 is 0 Å². The maximum absolute atomic E-state index is 5.80. The van der Waals surface area contributed by atoms with Crippen LogP contribution in [0.5, 0.6) is 0 Å². The van der Waals surface area contributed by atoms with Gasteiger partial charge in [-0.2, -0.15) is 0 Å². The zero-order valence-electron chi connectivity index (χ0n) is 53.2. The lowest BCUT2D eigenvalue weighted by molar-refractivity contribution is -0.0801. The van der Waals surface area contributed by atoms with E-state index in [0.29, 0.717) is 0 Å². The number of nitrogens with one attached hydrogen (secondary N) is 2. The topological polar surface area (TPSA) is 53.3 Å². The molecular formula is C70H146N4. The highest BCUT2D eigenvalue weighted by molar-refractivity contribution is 5.11. The van der Waals surface area contributed by atoms with E-state index in [1.54, 1.807) is 0 Å². The highest BCUT2D eigenvalue weighted by Crippen LogP contribution is 2.51. The quantitative estimate of drug-likeness (QED) is 0.0532. The van der Waals surface area contributed by atoms with Crippen LogP contribution in [0.2, 0.25) is 0 Å². The van der Waals surface area contributed by atoms with Gasteiger partial charge in [0.1, 0.15) is 0 Å². The molecule has 0 amide bonds. The van der Waals surface area contributed by atoms with Gasteiger partial charge < -0.3 is 16.4 Å². The second kappa shape index (κ2) is 56.1. The van der Waals surface area contributed by atoms with E-state index in [2.05, 4.69) is 70.9 Å². The Labute approximate surface area is 470 Å². The lowest BCUT2D eigenvalue weighted by Gasteiger charge is -2.61. The van der Waals surface area contributed by atoms with Gasteiger partial charge in [-0.3, -0.25) is 4.90 Å². The van der Waals surface area contributed by atoms with Gasteiger partial charge in [0.2, 0.25) is 0 Å². The maximum atomic E-state index is 5.80. The summed E-state index contributed by atoms with van der Waals surface area (Å²) in [6.07, 6.45) is 75.1. The summed E-state index contributed by atoms with van der Waals surface area (Å²) in [6, 6.07) is 0. The summed E-state index contributed by atoms with van der Waals surface area (Å²) >= 11 is 0. The van der Waals surface area contributed by atoms with E-state index in [0.717, 1.165) is 32.6 Å². The van der Waals surface area contributed by atoms with Crippen LogP contribution >= 0.6 is 0 Å². The zero-order valence-corrected chi connectivity index (χ0v) is 53.2. The van der Waals surface area contributed by atoms with Gasteiger partial charge in [-0.05, 0) is 98.1 Å². The second-order valence-electron chi connectivity index (χ2n) is 25.9. The molecule has 4 nitrogen and oxygen atoms in total. The molecule has 74 heavy (non-hydrogen) atoms. The number of nitrogens with two attached hydrogens (primary N) is 1. The van der Waals surface area contributed by atoms with Gasteiger partial charge in [-0.15, -0.1) is 0 Å². The molecule has 0 saturated carbocycles. The molecule has 0 aromatic heterocycles. The number of hydrogen-bond acceptors (Lipinski definition) is 4. The molecule has 0 rings (SSSR count). The predicted octanol–water partition coefficient (Wildman–Crippen LogP) is 22.7. The number of hydrogen-bond donors (Lipinski definition) is 3. The summed E-state index contributed by atoms with van der Waals surface area (Å²) in [5.74, 6) is 0. The molecule has 0 aliphatic rings. The normalized spacial score (nSPS) is 12.6. The van der Waals surface area contributed by atoms with Crippen LogP contribution in [0.1, 0.15) is 396 Å². The SMILES string of the molecule is CCCCCCCCCCCCCCN(CCCCCCCCCCCCCC)C(CCCCCCCCCCCCCC)(CCCCCCCCCCCCCC)C(C)(C)C(C)(C)NCCCCNCCCN. The lowest BCUT2D eigenvalue weighted by Crippen LogP contribution is -2.68. The van der Waals surface area contributed by atoms with E-state index in [9.17, 15) is 0 Å². The van der Waals surface area contributed by atoms with Crippen molar-refractivity contribution in [2.75, 3.05) is 39.3 Å². The molecule has 0 fully saturated rings. The summed E-state index contributed by atoms with van der Waals surface area (Å²) < 4.78 is 0. The van der Waals surface area contributed by atoms with Crippen molar-refractivity contribution in [1.82, 2.24) is 15.5 Å². The largest absolute Gasteiger partial charge is 0.330 e. The number of rotatable bonds is 64. The fraction of sp³-hybridized carbons (Fsp3) is 1.00. The summed E-state index contributed by atoms with van der Waals surface area (Å²) in [5.41, 5.74) is 6.14. The Morgan fingerprint density at radius 1 is 0.284 bits per heavy atom. The minimum Gasteiger partial charge on any atom is -0.330 e. The molecule has 0 saturated heterocycles. The third-order valence-electron chi connectivity index (χ3n) is 18.7. The predicted molar refractivity (Wildman–Crippen MR) is 339 cm³/mol. The third-order valence-corrected chi connectivity index (χ3v) is 18.7. The molecule has 0 aromatic rings. The van der Waals surface area contributed by atoms with Crippen molar-refractivity contribution in [3.63, 3.8) is 0 Å². The van der Waals surface area contributed by atoms with E-state index in [4.69, 9.17) is 5.73 Å². The van der Waals surface area contributed by atoms with Gasteiger partial charge >= 0.3 is 0 Å². The van der Waals surface area contributed by atoms with E-state index in [-0.39, 0.29) is 16.5 Å². The van der Waals surface area contributed by atoms with Gasteiger partial charge in [-0.1, -0.05) is 337 Å². The fourth-order valence-electron chi connectivity index (χ4n) is 12.7. The van der Waals surface area contributed by atoms with Gasteiger partial charge in [0, 0.05) is 16.5 Å². The average molecular weight is 1040 g/mol. The standard InChI is InChI=1S/C70H146N4/c1-9-13-17-21-25-29-33-37-41-45-49-53-60-70(61-54-50-46-42-38-34-30-26-22-18-14-10-2,68(5,6)69(7,8)73-65-56-55-63-72-64-59-62-71)74(66-57-51-47-43-39-35-31-27-23-19-15-11-3)67-58-52-48-44-40-36-32-28-24-20-16-12-4/h72-73H,9-67,71H2,1-8H3. The minimum absolute atomic E-state index is 0.0273. The van der Waals surface area contributed by atoms with Crippen molar-refractivity contribution >= 4 is 0 Å². The van der Waals surface area contributed by atoms with Crippen LogP contribution in [0.25, 0.3) is 0 Å². The molecule has 0 unspecified atom stereocenters. The number of unbranched alkanes of at least 4 members (excludes halogenated alkanes) is 45. The molecule has 0 aliphatic heterocycles. The van der Waals surface area contributed by atoms with Crippen molar-refractivity contribution in [2.45, 2.75) is 407 Å². The highest BCUT2D eigenvalue weighted by Gasteiger charge is 2.54. The molecule has 0 spiro atoms. The molecule has 446 valence electrons. The Morgan fingerprint density at radius 3 is 0.811 bits per heavy atom. The van der Waals surface area contributed by atoms with Crippen LogP contribution in [-0.4, -0.2) is 55.2 Å². The minimum atomic E-state index is 0.0273. The molecule has 0 aromatic carbocycles. The van der Waals surface area contributed by atoms with Gasteiger partial charge in [0.25, 0.3) is 0 Å². The van der Waals surface area contributed by atoms with Crippen LogP contribution in [0.4, 0.5) is 0 Å². The summed E-state index contributed by atoms with van der Waals surface area (Å²) in [5, 5.41) is 7.96. The van der Waals surface area contributed by atoms with Crippen LogP contribution in [0.15, 0.2) is 0 Å². The van der Waals surface area contributed by atoms with Gasteiger partial charge in [0.15, 0.2) is 0 Å². The summed E-state index contributed by atoms with van der Waals surface area (Å²) in [4.78, 5) is 3.24. The molecular weight excluding hydrogens is 897 g/mol. The van der Waals surface area contributed by atoms with Crippen LogP contribution in [0.3, 0.4) is 0 Å². The van der Waals surface area contributed by atoms with Crippen LogP contribution < -0.4 is 16.4 Å². The Bertz CT molecular complexity index is 999. The molecule has 0 radical (unpaired) electrons. The number of nitrogens with zero attached hydrogens (tertiary/aromatic N) is 1. The highest BCUT2D eigenvalue weighted by atomic mass is 15.2. The first-order valence-corrected chi connectivity index (χ1v) is 35.1. The van der Waals surface area contributed by atoms with Crippen molar-refractivity contribution in [3.8, 4) is 0 Å². The van der Waals surface area contributed by atoms with E-state index in [1.807, 2.05) is 0 Å². The average Bonchev–Trinajstić information content (AvgIpc) is 3.39. The molecule has 0 heterocycles. The molecule has 4 heteroatoms. The van der Waals surface area contributed by atoms with Crippen LogP contribution in [-0.2, 0) is 0 Å². The maximum Gasteiger partial charge on any atom is 0.0277 e. The molecule has 0 bridgehead atoms.